The lowest BCUT2D eigenvalue weighted by Gasteiger charge is -2.29. The highest BCUT2D eigenvalue weighted by molar-refractivity contribution is 7.89. The van der Waals surface area contributed by atoms with Crippen molar-refractivity contribution in [2.24, 2.45) is 5.92 Å². The lowest BCUT2D eigenvalue weighted by Crippen LogP contribution is -2.41. The van der Waals surface area contributed by atoms with E-state index < -0.39 is 10.0 Å². The maximum Gasteiger partial charge on any atom is 0.251 e. The maximum absolute atomic E-state index is 12.5. The van der Waals surface area contributed by atoms with E-state index in [1.54, 1.807) is 6.07 Å². The molecular weight excluding hydrogens is 348 g/mol. The molecule has 2 aliphatic rings. The molecular formula is C17H23ClN2O3S. The predicted molar refractivity (Wildman–Crippen MR) is 93.7 cm³/mol. The van der Waals surface area contributed by atoms with Gasteiger partial charge in [-0.1, -0.05) is 31.4 Å². The van der Waals surface area contributed by atoms with Crippen LogP contribution in [0.5, 0.6) is 0 Å². The molecule has 5 nitrogen and oxygen atoms in total. The second kappa shape index (κ2) is 7.02. The fourth-order valence-corrected chi connectivity index (χ4v) is 4.95. The molecule has 3 rings (SSSR count). The normalized spacial score (nSPS) is 24.6. The molecule has 1 aromatic rings. The first kappa shape index (κ1) is 17.7. The summed E-state index contributed by atoms with van der Waals surface area (Å²) >= 11 is 6.05. The minimum Gasteiger partial charge on any atom is -0.349 e. The van der Waals surface area contributed by atoms with Crippen LogP contribution in [-0.2, 0) is 10.0 Å². The zero-order valence-electron chi connectivity index (χ0n) is 13.7. The Balaban J connectivity index is 1.78. The second-order valence-corrected chi connectivity index (χ2v) is 8.97. The van der Waals surface area contributed by atoms with Crippen molar-refractivity contribution in [3.63, 3.8) is 0 Å². The van der Waals surface area contributed by atoms with Crippen molar-refractivity contribution < 1.29 is 13.2 Å². The Morgan fingerprint density at radius 2 is 1.88 bits per heavy atom. The van der Waals surface area contributed by atoms with Crippen LogP contribution in [0.3, 0.4) is 0 Å². The van der Waals surface area contributed by atoms with Gasteiger partial charge >= 0.3 is 0 Å². The van der Waals surface area contributed by atoms with E-state index in [0.29, 0.717) is 11.5 Å². The van der Waals surface area contributed by atoms with E-state index in [2.05, 4.69) is 17.0 Å². The molecule has 2 aliphatic carbocycles. The van der Waals surface area contributed by atoms with Gasteiger partial charge in [0.15, 0.2) is 0 Å². The molecule has 0 heterocycles. The third-order valence-corrected chi connectivity index (χ3v) is 6.81. The van der Waals surface area contributed by atoms with Crippen LogP contribution in [0.1, 0.15) is 55.8 Å². The van der Waals surface area contributed by atoms with Gasteiger partial charge in [-0.05, 0) is 49.8 Å². The number of nitrogens with one attached hydrogen (secondary N) is 2. The Morgan fingerprint density at radius 3 is 2.54 bits per heavy atom. The summed E-state index contributed by atoms with van der Waals surface area (Å²) in [5.41, 5.74) is 0.327. The van der Waals surface area contributed by atoms with Gasteiger partial charge in [-0.3, -0.25) is 4.79 Å². The Kier molecular flexibility index (Phi) is 5.18. The summed E-state index contributed by atoms with van der Waals surface area (Å²) in [6.07, 6.45) is 6.07. The monoisotopic (exact) mass is 370 g/mol. The zero-order chi connectivity index (χ0) is 17.3. The number of carbonyl (C=O) groups is 1. The summed E-state index contributed by atoms with van der Waals surface area (Å²) in [7, 11) is -3.69. The summed E-state index contributed by atoms with van der Waals surface area (Å²) in [4.78, 5) is 12.5. The van der Waals surface area contributed by atoms with Crippen LogP contribution < -0.4 is 10.0 Å². The van der Waals surface area contributed by atoms with Crippen LogP contribution in [0.25, 0.3) is 0 Å². The predicted octanol–water partition coefficient (Wildman–Crippen LogP) is 3.09. The molecule has 0 radical (unpaired) electrons. The highest BCUT2D eigenvalue weighted by Gasteiger charge is 2.30. The first-order valence-electron chi connectivity index (χ1n) is 8.49. The van der Waals surface area contributed by atoms with Crippen LogP contribution >= 0.6 is 11.6 Å². The third kappa shape index (κ3) is 4.10. The van der Waals surface area contributed by atoms with E-state index in [-0.39, 0.29) is 27.9 Å². The smallest absolute Gasteiger partial charge is 0.251 e. The molecule has 2 N–H and O–H groups in total. The van der Waals surface area contributed by atoms with Gasteiger partial charge in [-0.25, -0.2) is 13.1 Å². The van der Waals surface area contributed by atoms with Crippen molar-refractivity contribution in [2.75, 3.05) is 0 Å². The summed E-state index contributed by atoms with van der Waals surface area (Å²) in [5, 5.41) is 3.17. The average molecular weight is 371 g/mol. The van der Waals surface area contributed by atoms with Gasteiger partial charge in [0, 0.05) is 17.6 Å². The Labute approximate surface area is 148 Å². The minimum absolute atomic E-state index is 0.00774. The molecule has 2 atom stereocenters. The fraction of sp³-hybridized carbons (Fsp3) is 0.588. The number of halogens is 1. The number of benzene rings is 1. The molecule has 1 aromatic carbocycles. The molecule has 0 spiro atoms. The van der Waals surface area contributed by atoms with Gasteiger partial charge in [0.1, 0.15) is 4.90 Å². The molecule has 24 heavy (non-hydrogen) atoms. The lowest BCUT2D eigenvalue weighted by molar-refractivity contribution is 0.0910. The number of carbonyl (C=O) groups excluding carboxylic acids is 1. The summed E-state index contributed by atoms with van der Waals surface area (Å²) in [6, 6.07) is 4.55. The van der Waals surface area contributed by atoms with Crippen LogP contribution in [0, 0.1) is 5.92 Å². The van der Waals surface area contributed by atoms with E-state index in [1.165, 1.54) is 18.6 Å². The zero-order valence-corrected chi connectivity index (χ0v) is 15.3. The molecule has 0 unspecified atom stereocenters. The summed E-state index contributed by atoms with van der Waals surface area (Å²) in [6.45, 7) is 2.14. The minimum atomic E-state index is -3.69. The molecule has 132 valence electrons. The molecule has 2 saturated carbocycles. The number of hydrogen-bond donors (Lipinski definition) is 2. The van der Waals surface area contributed by atoms with Crippen LogP contribution in [0.2, 0.25) is 5.02 Å². The van der Waals surface area contributed by atoms with Gasteiger partial charge in [-0.15, -0.1) is 0 Å². The van der Waals surface area contributed by atoms with E-state index >= 15 is 0 Å². The lowest BCUT2D eigenvalue weighted by atomic mass is 9.86. The average Bonchev–Trinajstić information content (AvgIpc) is 3.33. The number of sulfonamides is 1. The molecule has 1 amide bonds. The maximum atomic E-state index is 12.5. The molecule has 0 bridgehead atoms. The SMILES string of the molecule is C[C@@H]1CCCC[C@@H]1NC(=O)c1ccc(Cl)c(S(=O)(=O)NC2CC2)c1. The van der Waals surface area contributed by atoms with Crippen LogP contribution in [0.15, 0.2) is 23.1 Å². The summed E-state index contributed by atoms with van der Waals surface area (Å²) < 4.78 is 27.4. The molecule has 2 fully saturated rings. The first-order valence-corrected chi connectivity index (χ1v) is 10.4. The standard InChI is InChI=1S/C17H23ClN2O3S/c1-11-4-2-3-5-15(11)19-17(21)12-6-9-14(18)16(10-12)24(22,23)20-13-7-8-13/h6,9-11,13,15,20H,2-5,7-8H2,1H3,(H,19,21)/t11-,15+/m1/s1. The van der Waals surface area contributed by atoms with Crippen LogP contribution in [-0.4, -0.2) is 26.4 Å². The molecule has 0 aliphatic heterocycles. The van der Waals surface area contributed by atoms with E-state index in [1.807, 2.05) is 0 Å². The Hall–Kier alpha value is -1.11. The first-order chi connectivity index (χ1) is 11.4. The Bertz CT molecular complexity index is 731. The van der Waals surface area contributed by atoms with Gasteiger partial charge < -0.3 is 5.32 Å². The molecule has 0 aromatic heterocycles. The summed E-state index contributed by atoms with van der Waals surface area (Å²) in [5.74, 6) is 0.197. The number of hydrogen-bond acceptors (Lipinski definition) is 3. The van der Waals surface area contributed by atoms with Crippen molar-refractivity contribution in [3.05, 3.63) is 28.8 Å². The van der Waals surface area contributed by atoms with E-state index in [4.69, 9.17) is 11.6 Å². The van der Waals surface area contributed by atoms with Gasteiger partial charge in [0.05, 0.1) is 5.02 Å². The number of rotatable bonds is 5. The van der Waals surface area contributed by atoms with Crippen molar-refractivity contribution in [2.45, 2.75) is 62.4 Å². The van der Waals surface area contributed by atoms with Gasteiger partial charge in [0.2, 0.25) is 10.0 Å². The van der Waals surface area contributed by atoms with Crippen molar-refractivity contribution in [1.29, 1.82) is 0 Å². The topological polar surface area (TPSA) is 75.3 Å². The van der Waals surface area contributed by atoms with E-state index in [0.717, 1.165) is 32.1 Å². The number of amides is 1. The van der Waals surface area contributed by atoms with Gasteiger partial charge in [0.25, 0.3) is 5.91 Å². The molecule has 0 saturated heterocycles. The van der Waals surface area contributed by atoms with Gasteiger partial charge in [-0.2, -0.15) is 0 Å². The van der Waals surface area contributed by atoms with Crippen LogP contribution in [0.4, 0.5) is 0 Å². The van der Waals surface area contributed by atoms with E-state index in [9.17, 15) is 13.2 Å². The highest BCUT2D eigenvalue weighted by atomic mass is 35.5. The molecule has 7 heteroatoms. The fourth-order valence-electron chi connectivity index (χ4n) is 3.12. The van der Waals surface area contributed by atoms with Crippen molar-refractivity contribution >= 4 is 27.5 Å². The second-order valence-electron chi connectivity index (χ2n) is 6.88. The highest BCUT2D eigenvalue weighted by Crippen LogP contribution is 2.28. The van der Waals surface area contributed by atoms with Crippen molar-refractivity contribution in [1.82, 2.24) is 10.0 Å². The third-order valence-electron chi connectivity index (χ3n) is 4.81. The Morgan fingerprint density at radius 1 is 1.17 bits per heavy atom. The largest absolute Gasteiger partial charge is 0.349 e. The van der Waals surface area contributed by atoms with Crippen molar-refractivity contribution in [3.8, 4) is 0 Å². The quantitative estimate of drug-likeness (QED) is 0.836.